The fraction of sp³-hybridized carbons (Fsp3) is 0.250. The summed E-state index contributed by atoms with van der Waals surface area (Å²) >= 11 is 0. The molecule has 1 aromatic heterocycles. The average Bonchev–Trinajstić information content (AvgIpc) is 2.79. The zero-order chi connectivity index (χ0) is 12.4. The molecule has 0 bridgehead atoms. The van der Waals surface area contributed by atoms with Crippen molar-refractivity contribution in [2.75, 3.05) is 14.2 Å². The number of rotatable bonds is 3. The van der Waals surface area contributed by atoms with E-state index in [1.54, 1.807) is 13.3 Å². The Bertz CT molecular complexity index is 553. The summed E-state index contributed by atoms with van der Waals surface area (Å²) in [6.45, 7) is 0. The van der Waals surface area contributed by atoms with Gasteiger partial charge in [-0.15, -0.1) is 12.4 Å². The number of hydrogen-bond acceptors (Lipinski definition) is 4. The molecule has 98 valence electrons. The maximum Gasteiger partial charge on any atom is 0.327 e. The minimum Gasteiger partial charge on any atom is -0.497 e. The lowest BCUT2D eigenvalue weighted by Gasteiger charge is -2.08. The minimum absolute atomic E-state index is 0. The Labute approximate surface area is 111 Å². The molecule has 1 heterocycles. The van der Waals surface area contributed by atoms with Gasteiger partial charge in [-0.1, -0.05) is 0 Å². The van der Waals surface area contributed by atoms with E-state index in [2.05, 4.69) is 9.72 Å². The number of nitrogens with one attached hydrogen (secondary N) is 1. The molecule has 0 aliphatic heterocycles. The Morgan fingerprint density at radius 1 is 1.39 bits per heavy atom. The number of methoxy groups -OCH3 is 2. The topological polar surface area (TPSA) is 77.3 Å². The van der Waals surface area contributed by atoms with Gasteiger partial charge in [-0.2, -0.15) is 0 Å². The molecular weight excluding hydrogens is 256 g/mol. The van der Waals surface area contributed by atoms with Crippen LogP contribution in [0.2, 0.25) is 0 Å². The molecule has 0 fully saturated rings. The molecule has 5 nitrogen and oxygen atoms in total. The Morgan fingerprint density at radius 2 is 2.11 bits per heavy atom. The lowest BCUT2D eigenvalue weighted by Crippen LogP contribution is -2.22. The van der Waals surface area contributed by atoms with Crippen LogP contribution in [0.3, 0.4) is 0 Å². The summed E-state index contributed by atoms with van der Waals surface area (Å²) in [7, 11) is 2.91. The number of aromatic nitrogens is 1. The van der Waals surface area contributed by atoms with E-state index >= 15 is 0 Å². The summed E-state index contributed by atoms with van der Waals surface area (Å²) in [5.41, 5.74) is 7.42. The van der Waals surface area contributed by atoms with Crippen molar-refractivity contribution >= 4 is 29.3 Å². The van der Waals surface area contributed by atoms with E-state index in [0.29, 0.717) is 5.56 Å². The molecule has 1 atom stereocenters. The van der Waals surface area contributed by atoms with Crippen molar-refractivity contribution < 1.29 is 14.3 Å². The third-order valence-corrected chi connectivity index (χ3v) is 2.71. The molecule has 2 aromatic rings. The average molecular weight is 271 g/mol. The highest BCUT2D eigenvalue weighted by molar-refractivity contribution is 5.90. The molecule has 6 heteroatoms. The maximum atomic E-state index is 11.4. The van der Waals surface area contributed by atoms with Crippen LogP contribution in [0.1, 0.15) is 11.6 Å². The normalized spacial score (nSPS) is 11.7. The molecule has 0 aliphatic rings. The summed E-state index contributed by atoms with van der Waals surface area (Å²) in [6.07, 6.45) is 1.71. The van der Waals surface area contributed by atoms with Crippen LogP contribution in [-0.4, -0.2) is 25.2 Å². The fourth-order valence-electron chi connectivity index (χ4n) is 1.76. The van der Waals surface area contributed by atoms with E-state index in [0.717, 1.165) is 16.7 Å². The highest BCUT2D eigenvalue weighted by Crippen LogP contribution is 2.27. The Balaban J connectivity index is 0.00000162. The summed E-state index contributed by atoms with van der Waals surface area (Å²) in [6, 6.07) is 4.76. The van der Waals surface area contributed by atoms with Gasteiger partial charge in [-0.05, 0) is 18.2 Å². The predicted molar refractivity (Wildman–Crippen MR) is 71.0 cm³/mol. The van der Waals surface area contributed by atoms with Gasteiger partial charge in [0.25, 0.3) is 0 Å². The first-order valence-corrected chi connectivity index (χ1v) is 5.15. The number of benzene rings is 1. The zero-order valence-electron chi connectivity index (χ0n) is 10.1. The number of ether oxygens (including phenoxy) is 2. The van der Waals surface area contributed by atoms with Crippen molar-refractivity contribution in [3.05, 3.63) is 30.0 Å². The number of H-pyrrole nitrogens is 1. The van der Waals surface area contributed by atoms with Crippen LogP contribution >= 0.6 is 12.4 Å². The number of nitrogens with two attached hydrogens (primary N) is 1. The Hall–Kier alpha value is -1.72. The minimum atomic E-state index is -0.791. The Morgan fingerprint density at radius 3 is 2.72 bits per heavy atom. The smallest absolute Gasteiger partial charge is 0.327 e. The molecule has 0 amide bonds. The van der Waals surface area contributed by atoms with Crippen molar-refractivity contribution in [1.82, 2.24) is 4.98 Å². The van der Waals surface area contributed by atoms with Gasteiger partial charge in [0, 0.05) is 22.7 Å². The molecule has 1 aromatic carbocycles. The second kappa shape index (κ2) is 5.75. The number of carbonyl (C=O) groups excluding carboxylic acids is 1. The third-order valence-electron chi connectivity index (χ3n) is 2.71. The molecule has 2 rings (SSSR count). The van der Waals surface area contributed by atoms with Gasteiger partial charge in [-0.25, -0.2) is 0 Å². The first-order chi connectivity index (χ1) is 8.17. The summed E-state index contributed by atoms with van der Waals surface area (Å²) in [4.78, 5) is 14.5. The van der Waals surface area contributed by atoms with Crippen molar-refractivity contribution in [2.45, 2.75) is 6.04 Å². The maximum absolute atomic E-state index is 11.4. The van der Waals surface area contributed by atoms with Gasteiger partial charge in [0.2, 0.25) is 0 Å². The molecule has 0 unspecified atom stereocenters. The predicted octanol–water partition coefficient (Wildman–Crippen LogP) is 1.77. The molecule has 18 heavy (non-hydrogen) atoms. The van der Waals surface area contributed by atoms with Gasteiger partial charge in [0.15, 0.2) is 0 Å². The largest absolute Gasteiger partial charge is 0.497 e. The number of halogens is 1. The molecule has 0 saturated carbocycles. The van der Waals surface area contributed by atoms with Crippen LogP contribution in [-0.2, 0) is 9.53 Å². The monoisotopic (exact) mass is 270 g/mol. The van der Waals surface area contributed by atoms with Gasteiger partial charge in [-0.3, -0.25) is 4.79 Å². The van der Waals surface area contributed by atoms with E-state index < -0.39 is 12.0 Å². The van der Waals surface area contributed by atoms with Crippen LogP contribution in [0.15, 0.2) is 24.4 Å². The SMILES string of the molecule is COC(=O)[C@H](N)c1c[nH]c2ccc(OC)cc12.Cl. The van der Waals surface area contributed by atoms with Crippen molar-refractivity contribution in [2.24, 2.45) is 5.73 Å². The highest BCUT2D eigenvalue weighted by Gasteiger charge is 2.20. The van der Waals surface area contributed by atoms with E-state index in [1.807, 2.05) is 18.2 Å². The number of hydrogen-bond donors (Lipinski definition) is 2. The molecule has 0 radical (unpaired) electrons. The lowest BCUT2D eigenvalue weighted by molar-refractivity contribution is -0.142. The van der Waals surface area contributed by atoms with Crippen molar-refractivity contribution in [3.8, 4) is 5.75 Å². The molecular formula is C12H15ClN2O3. The third kappa shape index (κ3) is 2.42. The zero-order valence-corrected chi connectivity index (χ0v) is 10.9. The molecule has 0 spiro atoms. The standard InChI is InChI=1S/C12H14N2O3.ClH/c1-16-7-3-4-10-8(5-7)9(6-14-10)11(13)12(15)17-2;/h3-6,11,14H,13H2,1-2H3;1H/t11-;/m1./s1. The summed E-state index contributed by atoms with van der Waals surface area (Å²) in [5, 5.41) is 0.863. The van der Waals surface area contributed by atoms with Gasteiger partial charge < -0.3 is 20.2 Å². The van der Waals surface area contributed by atoms with Crippen LogP contribution in [0.4, 0.5) is 0 Å². The van der Waals surface area contributed by atoms with Crippen LogP contribution in [0.25, 0.3) is 10.9 Å². The fourth-order valence-corrected chi connectivity index (χ4v) is 1.76. The summed E-state index contributed by atoms with van der Waals surface area (Å²) < 4.78 is 9.77. The number of esters is 1. The van der Waals surface area contributed by atoms with Crippen LogP contribution in [0, 0.1) is 0 Å². The highest BCUT2D eigenvalue weighted by atomic mass is 35.5. The number of aromatic amines is 1. The van der Waals surface area contributed by atoms with Gasteiger partial charge in [0.05, 0.1) is 14.2 Å². The lowest BCUT2D eigenvalue weighted by atomic mass is 10.1. The van der Waals surface area contributed by atoms with E-state index in [9.17, 15) is 4.79 Å². The van der Waals surface area contributed by atoms with Crippen molar-refractivity contribution in [1.29, 1.82) is 0 Å². The quantitative estimate of drug-likeness (QED) is 0.834. The molecule has 0 saturated heterocycles. The van der Waals surface area contributed by atoms with E-state index in [1.165, 1.54) is 7.11 Å². The summed E-state index contributed by atoms with van der Waals surface area (Å²) in [5.74, 6) is 0.254. The van der Waals surface area contributed by atoms with E-state index in [4.69, 9.17) is 10.5 Å². The van der Waals surface area contributed by atoms with Crippen LogP contribution < -0.4 is 10.5 Å². The van der Waals surface area contributed by atoms with E-state index in [-0.39, 0.29) is 12.4 Å². The molecule has 0 aliphatic carbocycles. The Kier molecular flexibility index (Phi) is 4.58. The first-order valence-electron chi connectivity index (χ1n) is 5.15. The molecule has 3 N–H and O–H groups in total. The van der Waals surface area contributed by atoms with Gasteiger partial charge >= 0.3 is 5.97 Å². The first kappa shape index (κ1) is 14.3. The van der Waals surface area contributed by atoms with Gasteiger partial charge in [0.1, 0.15) is 11.8 Å². The van der Waals surface area contributed by atoms with Crippen LogP contribution in [0.5, 0.6) is 5.75 Å². The second-order valence-electron chi connectivity index (χ2n) is 3.66. The number of fused-ring (bicyclic) bond motifs is 1. The second-order valence-corrected chi connectivity index (χ2v) is 3.66. The van der Waals surface area contributed by atoms with Crippen molar-refractivity contribution in [3.63, 3.8) is 0 Å². The number of carbonyl (C=O) groups is 1.